The Balaban J connectivity index is 1.11. The van der Waals surface area contributed by atoms with E-state index in [1.54, 1.807) is 10.4 Å². The first kappa shape index (κ1) is 26.5. The summed E-state index contributed by atoms with van der Waals surface area (Å²) < 4.78 is 29.0. The Kier molecular flexibility index (Phi) is 7.99. The highest BCUT2D eigenvalue weighted by molar-refractivity contribution is 7.89. The van der Waals surface area contributed by atoms with Crippen molar-refractivity contribution in [2.75, 3.05) is 49.5 Å². The van der Waals surface area contributed by atoms with Gasteiger partial charge in [0.2, 0.25) is 16.0 Å². The number of likely N-dealkylation sites (tertiary alicyclic amines) is 1. The van der Waals surface area contributed by atoms with E-state index < -0.39 is 10.0 Å². The van der Waals surface area contributed by atoms with Crippen molar-refractivity contribution in [2.45, 2.75) is 68.3 Å². The summed E-state index contributed by atoms with van der Waals surface area (Å²) in [7, 11) is -3.54. The molecular formula is C30H40N6O2S. The van der Waals surface area contributed by atoms with Gasteiger partial charge in [-0.2, -0.15) is 9.29 Å². The number of anilines is 2. The second kappa shape index (κ2) is 11.8. The number of rotatable bonds is 6. The predicted molar refractivity (Wildman–Crippen MR) is 157 cm³/mol. The maximum absolute atomic E-state index is 13.6. The Morgan fingerprint density at radius 3 is 2.44 bits per heavy atom. The summed E-state index contributed by atoms with van der Waals surface area (Å²) in [5.41, 5.74) is 0. The minimum atomic E-state index is -3.54. The van der Waals surface area contributed by atoms with Crippen molar-refractivity contribution in [3.05, 3.63) is 54.7 Å². The van der Waals surface area contributed by atoms with E-state index in [1.165, 1.54) is 25.7 Å². The molecular weight excluding hydrogens is 508 g/mol. The molecule has 0 saturated carbocycles. The fourth-order valence-corrected chi connectivity index (χ4v) is 8.00. The maximum atomic E-state index is 13.6. The Bertz CT molecular complexity index is 1370. The van der Waals surface area contributed by atoms with Gasteiger partial charge in [0, 0.05) is 51.0 Å². The monoisotopic (exact) mass is 548 g/mol. The van der Waals surface area contributed by atoms with Crippen LogP contribution in [-0.2, 0) is 10.0 Å². The number of aromatic nitrogens is 2. The van der Waals surface area contributed by atoms with Crippen molar-refractivity contribution in [1.29, 1.82) is 0 Å². The summed E-state index contributed by atoms with van der Waals surface area (Å²) in [6.07, 6.45) is 11.0. The van der Waals surface area contributed by atoms with E-state index in [4.69, 9.17) is 4.98 Å². The zero-order valence-electron chi connectivity index (χ0n) is 22.7. The third-order valence-corrected chi connectivity index (χ3v) is 10.5. The van der Waals surface area contributed by atoms with Crippen molar-refractivity contribution in [1.82, 2.24) is 19.2 Å². The van der Waals surface area contributed by atoms with Crippen LogP contribution < -0.4 is 10.2 Å². The molecule has 6 rings (SSSR count). The molecule has 1 aromatic heterocycles. The first-order chi connectivity index (χ1) is 19.1. The van der Waals surface area contributed by atoms with Crippen LogP contribution in [-0.4, -0.2) is 78.9 Å². The minimum absolute atomic E-state index is 0.225. The maximum Gasteiger partial charge on any atom is 0.243 e. The summed E-state index contributed by atoms with van der Waals surface area (Å²) >= 11 is 0. The molecule has 3 fully saturated rings. The molecule has 0 amide bonds. The number of nitrogens with one attached hydrogen (secondary N) is 1. The molecule has 0 aliphatic carbocycles. The van der Waals surface area contributed by atoms with Crippen LogP contribution in [0.15, 0.2) is 59.6 Å². The van der Waals surface area contributed by atoms with Gasteiger partial charge in [-0.05, 0) is 74.0 Å². The molecule has 3 saturated heterocycles. The van der Waals surface area contributed by atoms with Crippen LogP contribution in [0.4, 0.5) is 11.8 Å². The SMILES string of the molecule is O=S(=O)(c1ccc2ccccc2c1)N1CCCC(N2CCCC(Nc3nccc(N4CCCCCC4)n3)C2)C1. The van der Waals surface area contributed by atoms with E-state index in [1.807, 2.05) is 48.7 Å². The molecule has 0 radical (unpaired) electrons. The van der Waals surface area contributed by atoms with E-state index in [2.05, 4.69) is 20.1 Å². The Morgan fingerprint density at radius 2 is 1.59 bits per heavy atom. The molecule has 2 atom stereocenters. The van der Waals surface area contributed by atoms with Gasteiger partial charge in [-0.25, -0.2) is 13.4 Å². The van der Waals surface area contributed by atoms with Crippen LogP contribution in [0.5, 0.6) is 0 Å². The molecule has 4 heterocycles. The molecule has 8 nitrogen and oxygen atoms in total. The van der Waals surface area contributed by atoms with Gasteiger partial charge in [0.05, 0.1) is 4.90 Å². The number of hydrogen-bond acceptors (Lipinski definition) is 7. The number of sulfonamides is 1. The smallest absolute Gasteiger partial charge is 0.243 e. The zero-order valence-corrected chi connectivity index (χ0v) is 23.5. The van der Waals surface area contributed by atoms with E-state index in [-0.39, 0.29) is 12.1 Å². The summed E-state index contributed by atoms with van der Waals surface area (Å²) in [6.45, 7) is 5.14. The Labute approximate surface area is 232 Å². The van der Waals surface area contributed by atoms with Gasteiger partial charge >= 0.3 is 0 Å². The van der Waals surface area contributed by atoms with Gasteiger partial charge in [-0.3, -0.25) is 4.90 Å². The third-order valence-electron chi connectivity index (χ3n) is 8.59. The summed E-state index contributed by atoms with van der Waals surface area (Å²) in [5.74, 6) is 1.72. The third kappa shape index (κ3) is 6.05. The molecule has 3 aromatic rings. The molecule has 2 unspecified atom stereocenters. The van der Waals surface area contributed by atoms with Crippen molar-refractivity contribution >= 4 is 32.6 Å². The molecule has 2 aromatic carbocycles. The first-order valence-corrected chi connectivity index (χ1v) is 16.1. The van der Waals surface area contributed by atoms with Crippen LogP contribution in [0.2, 0.25) is 0 Å². The van der Waals surface area contributed by atoms with E-state index in [9.17, 15) is 8.42 Å². The van der Waals surface area contributed by atoms with Crippen molar-refractivity contribution in [3.8, 4) is 0 Å². The summed E-state index contributed by atoms with van der Waals surface area (Å²) in [6, 6.07) is 15.9. The van der Waals surface area contributed by atoms with Gasteiger partial charge in [0.25, 0.3) is 0 Å². The first-order valence-electron chi connectivity index (χ1n) is 14.6. The number of benzene rings is 2. The number of nitrogens with zero attached hydrogens (tertiary/aromatic N) is 5. The Morgan fingerprint density at radius 1 is 0.795 bits per heavy atom. The summed E-state index contributed by atoms with van der Waals surface area (Å²) in [5, 5.41) is 5.62. The van der Waals surface area contributed by atoms with E-state index in [0.717, 1.165) is 68.5 Å². The fourth-order valence-electron chi connectivity index (χ4n) is 6.45. The van der Waals surface area contributed by atoms with E-state index in [0.29, 0.717) is 23.9 Å². The number of fused-ring (bicyclic) bond motifs is 1. The lowest BCUT2D eigenvalue weighted by molar-refractivity contribution is 0.108. The van der Waals surface area contributed by atoms with Crippen LogP contribution in [0.25, 0.3) is 10.8 Å². The fraction of sp³-hybridized carbons (Fsp3) is 0.533. The lowest BCUT2D eigenvalue weighted by atomic mass is 9.99. The number of piperidine rings is 2. The van der Waals surface area contributed by atoms with Crippen molar-refractivity contribution in [3.63, 3.8) is 0 Å². The summed E-state index contributed by atoms with van der Waals surface area (Å²) in [4.78, 5) is 14.7. The molecule has 208 valence electrons. The molecule has 0 bridgehead atoms. The van der Waals surface area contributed by atoms with Gasteiger partial charge in [-0.1, -0.05) is 43.2 Å². The van der Waals surface area contributed by atoms with Gasteiger partial charge < -0.3 is 10.2 Å². The highest BCUT2D eigenvalue weighted by atomic mass is 32.2. The average Bonchev–Trinajstić information content (AvgIpc) is 3.27. The van der Waals surface area contributed by atoms with Crippen molar-refractivity contribution in [2.24, 2.45) is 0 Å². The highest BCUT2D eigenvalue weighted by Gasteiger charge is 2.35. The van der Waals surface area contributed by atoms with Gasteiger partial charge in [0.15, 0.2) is 0 Å². The van der Waals surface area contributed by atoms with Crippen LogP contribution in [0, 0.1) is 0 Å². The lowest BCUT2D eigenvalue weighted by Gasteiger charge is -2.42. The zero-order chi connectivity index (χ0) is 26.7. The molecule has 1 N–H and O–H groups in total. The molecule has 3 aliphatic heterocycles. The molecule has 39 heavy (non-hydrogen) atoms. The van der Waals surface area contributed by atoms with E-state index >= 15 is 0 Å². The largest absolute Gasteiger partial charge is 0.356 e. The molecule has 3 aliphatic rings. The van der Waals surface area contributed by atoms with Crippen LogP contribution >= 0.6 is 0 Å². The van der Waals surface area contributed by atoms with Crippen LogP contribution in [0.1, 0.15) is 51.4 Å². The molecule has 9 heteroatoms. The second-order valence-electron chi connectivity index (χ2n) is 11.3. The predicted octanol–water partition coefficient (Wildman–Crippen LogP) is 4.74. The second-order valence-corrected chi connectivity index (χ2v) is 13.2. The van der Waals surface area contributed by atoms with Crippen molar-refractivity contribution < 1.29 is 8.42 Å². The average molecular weight is 549 g/mol. The molecule has 0 spiro atoms. The number of hydrogen-bond donors (Lipinski definition) is 1. The Hall–Kier alpha value is -2.75. The highest BCUT2D eigenvalue weighted by Crippen LogP contribution is 2.28. The topological polar surface area (TPSA) is 81.7 Å². The quantitative estimate of drug-likeness (QED) is 0.477. The minimum Gasteiger partial charge on any atom is -0.356 e. The lowest BCUT2D eigenvalue weighted by Crippen LogP contribution is -2.54. The normalized spacial score (nSPS) is 23.9. The standard InChI is InChI=1S/C30H40N6O2S/c37-39(38,28-14-13-24-9-3-4-10-25(24)21-28)36-20-8-12-27(23-36)35-19-7-11-26(22-35)32-30-31-16-15-29(33-30)34-17-5-1-2-6-18-34/h3-4,9-10,13-16,21,26-27H,1-2,5-8,11-12,17-20,22-23H2,(H,31,32,33). The van der Waals surface area contributed by atoms with Gasteiger partial charge in [-0.15, -0.1) is 0 Å². The van der Waals surface area contributed by atoms with Gasteiger partial charge in [0.1, 0.15) is 5.82 Å². The van der Waals surface area contributed by atoms with Crippen LogP contribution in [0.3, 0.4) is 0 Å².